The smallest absolute Gasteiger partial charge is 0.201 e. The van der Waals surface area contributed by atoms with Gasteiger partial charge < -0.3 is 10.3 Å². The lowest BCUT2D eigenvalue weighted by atomic mass is 10.3. The lowest BCUT2D eigenvalue weighted by Crippen LogP contribution is -1.93. The van der Waals surface area contributed by atoms with Crippen molar-refractivity contribution < 1.29 is 13.3 Å². The molecule has 1 aromatic rings. The molecule has 0 aliphatic heterocycles. The van der Waals surface area contributed by atoms with Crippen LogP contribution in [0.1, 0.15) is 0 Å². The highest BCUT2D eigenvalue weighted by molar-refractivity contribution is 14.2. The maximum atomic E-state index is 12.8. The number of rotatable bonds is 2. The van der Waals surface area contributed by atoms with Crippen LogP contribution in [0, 0.1) is 11.6 Å². The Morgan fingerprint density at radius 1 is 1.42 bits per heavy atom. The van der Waals surface area contributed by atoms with E-state index in [2.05, 4.69) is 0 Å². The minimum atomic E-state index is -0.992. The molecule has 0 radical (unpaired) electrons. The van der Waals surface area contributed by atoms with Gasteiger partial charge in [0.25, 0.3) is 0 Å². The first-order chi connectivity index (χ1) is 5.65. The highest BCUT2D eigenvalue weighted by Crippen LogP contribution is 2.31. The Bertz CT molecular complexity index is 297. The van der Waals surface area contributed by atoms with Crippen molar-refractivity contribution in [2.24, 2.45) is 0 Å². The average molecular weight is 303 g/mol. The molecule has 1 rings (SSSR count). The van der Waals surface area contributed by atoms with E-state index in [-0.39, 0.29) is 17.9 Å². The predicted molar refractivity (Wildman–Crippen MR) is 53.7 cm³/mol. The van der Waals surface area contributed by atoms with Gasteiger partial charge in [-0.05, 0) is 22.0 Å². The molecule has 1 aromatic carbocycles. The van der Waals surface area contributed by atoms with Crippen molar-refractivity contribution in [1.82, 2.24) is 0 Å². The van der Waals surface area contributed by atoms with Crippen molar-refractivity contribution in [3.63, 3.8) is 0 Å². The third-order valence-corrected chi connectivity index (χ3v) is 2.12. The van der Waals surface area contributed by atoms with Crippen LogP contribution in [0.25, 0.3) is 0 Å². The molecule has 1 atom stereocenters. The highest BCUT2D eigenvalue weighted by Gasteiger charge is 2.10. The summed E-state index contributed by atoms with van der Waals surface area (Å²) < 4.78 is 30.3. The topological polar surface area (TPSA) is 35.2 Å². The molecule has 0 amide bonds. The Balaban J connectivity index is 3.09. The zero-order chi connectivity index (χ0) is 9.14. The van der Waals surface area contributed by atoms with Gasteiger partial charge in [-0.25, -0.2) is 4.39 Å². The van der Waals surface area contributed by atoms with Gasteiger partial charge in [0.2, 0.25) is 5.82 Å². The molecule has 0 aromatic heterocycles. The van der Waals surface area contributed by atoms with Crippen molar-refractivity contribution in [2.45, 2.75) is 0 Å². The van der Waals surface area contributed by atoms with E-state index >= 15 is 0 Å². The highest BCUT2D eigenvalue weighted by atomic mass is 127. The summed E-state index contributed by atoms with van der Waals surface area (Å²) in [6.07, 6.45) is 0. The Kier molecular flexibility index (Phi) is 3.46. The largest absolute Gasteiger partial charge is 0.463 e. The molecular weight excluding hydrogens is 298 g/mol. The van der Waals surface area contributed by atoms with E-state index in [0.29, 0.717) is 0 Å². The number of hydrogen-bond donors (Lipinski definition) is 1. The fourth-order valence-corrected chi connectivity index (χ4v) is 1.64. The van der Waals surface area contributed by atoms with E-state index in [1.54, 1.807) is 0 Å². The van der Waals surface area contributed by atoms with E-state index in [0.717, 1.165) is 6.07 Å². The molecule has 12 heavy (non-hydrogen) atoms. The summed E-state index contributed by atoms with van der Waals surface area (Å²) in [5.74, 6) is -2.12. The van der Waals surface area contributed by atoms with Crippen LogP contribution >= 0.6 is 28.5 Å². The van der Waals surface area contributed by atoms with Crippen LogP contribution in [0.3, 0.4) is 0 Å². The molecule has 0 bridgehead atoms. The summed E-state index contributed by atoms with van der Waals surface area (Å²) in [5, 5.41) is 0. The minimum Gasteiger partial charge on any atom is -0.463 e. The van der Waals surface area contributed by atoms with Crippen LogP contribution in [0.15, 0.2) is 12.1 Å². The molecule has 1 unspecified atom stereocenters. The standard InChI is InChI=1S/C6H5F2INOP/c7-4-1-3(10)2-5(6(4)8)11-12-9/h1-2,12H,10H2. The molecular formula is C6H5F2INOP. The molecule has 66 valence electrons. The van der Waals surface area contributed by atoms with Gasteiger partial charge in [0.1, 0.15) is 6.45 Å². The maximum Gasteiger partial charge on any atom is 0.201 e. The zero-order valence-corrected chi connectivity index (χ0v) is 8.93. The van der Waals surface area contributed by atoms with E-state index < -0.39 is 11.6 Å². The van der Waals surface area contributed by atoms with Gasteiger partial charge in [-0.2, -0.15) is 4.39 Å². The van der Waals surface area contributed by atoms with Crippen LogP contribution in [0.4, 0.5) is 14.5 Å². The van der Waals surface area contributed by atoms with Crippen molar-refractivity contribution in [1.29, 1.82) is 0 Å². The number of nitrogens with two attached hydrogens (primary N) is 1. The van der Waals surface area contributed by atoms with E-state index in [1.165, 1.54) is 6.07 Å². The van der Waals surface area contributed by atoms with E-state index in [9.17, 15) is 8.78 Å². The van der Waals surface area contributed by atoms with Gasteiger partial charge in [0.05, 0.1) is 0 Å². The van der Waals surface area contributed by atoms with Crippen LogP contribution < -0.4 is 10.3 Å². The molecule has 0 saturated heterocycles. The SMILES string of the molecule is Nc1cc(F)c(F)c(OPI)c1. The number of benzene rings is 1. The Morgan fingerprint density at radius 2 is 2.08 bits per heavy atom. The molecule has 0 spiro atoms. The lowest BCUT2D eigenvalue weighted by Gasteiger charge is -2.04. The zero-order valence-electron chi connectivity index (χ0n) is 5.77. The van der Waals surface area contributed by atoms with E-state index in [1.807, 2.05) is 22.0 Å². The Morgan fingerprint density at radius 3 is 2.67 bits per heavy atom. The first-order valence-electron chi connectivity index (χ1n) is 2.92. The molecule has 6 heteroatoms. The van der Waals surface area contributed by atoms with Crippen LogP contribution in [0.5, 0.6) is 5.75 Å². The Labute approximate surface area is 82.8 Å². The monoisotopic (exact) mass is 303 g/mol. The van der Waals surface area contributed by atoms with Crippen LogP contribution in [-0.4, -0.2) is 0 Å². The Hall–Kier alpha value is -0.160. The van der Waals surface area contributed by atoms with Crippen molar-refractivity contribution in [3.05, 3.63) is 23.8 Å². The quantitative estimate of drug-likeness (QED) is 0.518. The van der Waals surface area contributed by atoms with Crippen LogP contribution in [0.2, 0.25) is 0 Å². The number of hydrogen-bond acceptors (Lipinski definition) is 2. The summed E-state index contributed by atoms with van der Waals surface area (Å²) in [6, 6.07) is 2.17. The lowest BCUT2D eigenvalue weighted by molar-refractivity contribution is 0.472. The molecule has 2 N–H and O–H groups in total. The minimum absolute atomic E-state index is 0.0321. The van der Waals surface area contributed by atoms with Crippen LogP contribution in [-0.2, 0) is 0 Å². The second kappa shape index (κ2) is 4.18. The summed E-state index contributed by atoms with van der Waals surface area (Å²) in [6.45, 7) is 0.0321. The molecule has 0 fully saturated rings. The second-order valence-corrected chi connectivity index (χ2v) is 3.67. The predicted octanol–water partition coefficient (Wildman–Crippen LogP) is 2.87. The molecule has 0 aliphatic carbocycles. The van der Waals surface area contributed by atoms with Gasteiger partial charge in [0.15, 0.2) is 11.6 Å². The van der Waals surface area contributed by atoms with Gasteiger partial charge in [-0.15, -0.1) is 0 Å². The summed E-state index contributed by atoms with van der Waals surface area (Å²) in [4.78, 5) is 0. The second-order valence-electron chi connectivity index (χ2n) is 1.99. The fraction of sp³-hybridized carbons (Fsp3) is 0. The van der Waals surface area contributed by atoms with Crippen molar-refractivity contribution >= 4 is 34.2 Å². The number of halogens is 3. The van der Waals surface area contributed by atoms with Gasteiger partial charge >= 0.3 is 0 Å². The fourth-order valence-electron chi connectivity index (χ4n) is 0.700. The van der Waals surface area contributed by atoms with E-state index in [4.69, 9.17) is 10.3 Å². The summed E-state index contributed by atoms with van der Waals surface area (Å²) in [5.41, 5.74) is 5.42. The van der Waals surface area contributed by atoms with Gasteiger partial charge in [-0.3, -0.25) is 0 Å². The van der Waals surface area contributed by atoms with Gasteiger partial charge in [-0.1, -0.05) is 0 Å². The number of nitrogen functional groups attached to an aromatic ring is 1. The number of anilines is 1. The molecule has 0 heterocycles. The summed E-state index contributed by atoms with van der Waals surface area (Å²) >= 11 is 1.91. The maximum absolute atomic E-state index is 12.8. The summed E-state index contributed by atoms with van der Waals surface area (Å²) in [7, 11) is 0. The first kappa shape index (κ1) is 9.92. The van der Waals surface area contributed by atoms with Gasteiger partial charge in [0, 0.05) is 17.8 Å². The average Bonchev–Trinajstić information content (AvgIpc) is 2.00. The van der Waals surface area contributed by atoms with Crippen molar-refractivity contribution in [2.75, 3.05) is 5.73 Å². The third-order valence-electron chi connectivity index (χ3n) is 1.17. The third kappa shape index (κ3) is 2.17. The van der Waals surface area contributed by atoms with Crippen molar-refractivity contribution in [3.8, 4) is 5.75 Å². The molecule has 0 aliphatic rings. The molecule has 0 saturated carbocycles. The molecule has 2 nitrogen and oxygen atoms in total. The normalized spacial score (nSPS) is 10.9. The first-order valence-corrected chi connectivity index (χ1v) is 6.94.